The van der Waals surface area contributed by atoms with Gasteiger partial charge in [0.25, 0.3) is 11.8 Å². The standard InChI is InChI=1S/C34H26Cl2F2N2O5/c1-2-17-6-10-19(11-7-17)39-29(42)22-15-14-21-24(26(22)30(39)43)16-33(35)31(44)40(20-12-8-18(37)9-13-20)32(45)34(33,36)27(21)23-4-3-5-25(38)28(23)41/h3-14,22,24,26-27,41H,2,15-16H2,1H3. The van der Waals surface area contributed by atoms with Crippen molar-refractivity contribution in [2.75, 3.05) is 9.80 Å². The van der Waals surface area contributed by atoms with Crippen LogP contribution in [0.1, 0.15) is 36.8 Å². The lowest BCUT2D eigenvalue weighted by atomic mass is 9.56. The number of hydrogen-bond donors (Lipinski definition) is 1. The maximum Gasteiger partial charge on any atom is 0.258 e. The summed E-state index contributed by atoms with van der Waals surface area (Å²) in [6.07, 6.45) is 2.30. The third-order valence-corrected chi connectivity index (χ3v) is 11.2. The van der Waals surface area contributed by atoms with E-state index in [4.69, 9.17) is 23.2 Å². The zero-order chi connectivity index (χ0) is 32.0. The average Bonchev–Trinajstić information content (AvgIpc) is 3.37. The highest BCUT2D eigenvalue weighted by Crippen LogP contribution is 2.66. The van der Waals surface area contributed by atoms with Gasteiger partial charge < -0.3 is 5.11 Å². The van der Waals surface area contributed by atoms with Gasteiger partial charge in [-0.05, 0) is 73.2 Å². The molecule has 2 saturated heterocycles. The van der Waals surface area contributed by atoms with Crippen LogP contribution in [0.5, 0.6) is 5.75 Å². The minimum absolute atomic E-state index is 0.0201. The molecular weight excluding hydrogens is 625 g/mol. The third-order valence-electron chi connectivity index (χ3n) is 9.83. The van der Waals surface area contributed by atoms with E-state index < -0.39 is 74.4 Å². The largest absolute Gasteiger partial charge is 0.505 e. The fraction of sp³-hybridized carbons (Fsp3) is 0.294. The molecule has 0 radical (unpaired) electrons. The summed E-state index contributed by atoms with van der Waals surface area (Å²) in [5.74, 6) is -9.02. The quantitative estimate of drug-likeness (QED) is 0.212. The normalized spacial score (nSPS) is 30.7. The molecule has 0 spiro atoms. The van der Waals surface area contributed by atoms with E-state index in [1.165, 1.54) is 24.3 Å². The molecule has 2 aliphatic carbocycles. The SMILES string of the molecule is CCc1ccc(N2C(=O)C3CC=C4C(CC5(Cl)C(=O)N(c6ccc(F)cc6)C(=O)C5(Cl)C4c4cccc(F)c4O)C3C2=O)cc1. The van der Waals surface area contributed by atoms with Crippen molar-refractivity contribution in [3.63, 3.8) is 0 Å². The Balaban J connectivity index is 1.39. The highest BCUT2D eigenvalue weighted by molar-refractivity contribution is 6.58. The number of carbonyl (C=O) groups excluding carboxylic acids is 4. The number of aryl methyl sites for hydroxylation is 1. The summed E-state index contributed by atoms with van der Waals surface area (Å²) in [4.78, 5) is 53.9. The van der Waals surface area contributed by atoms with Gasteiger partial charge in [0, 0.05) is 11.5 Å². The first-order chi connectivity index (χ1) is 21.4. The molecule has 7 rings (SSSR count). The monoisotopic (exact) mass is 650 g/mol. The molecule has 6 atom stereocenters. The van der Waals surface area contributed by atoms with Crippen LogP contribution in [-0.2, 0) is 25.6 Å². The molecule has 2 aliphatic heterocycles. The first kappa shape index (κ1) is 29.6. The number of hydrogen-bond acceptors (Lipinski definition) is 5. The molecule has 7 nitrogen and oxygen atoms in total. The highest BCUT2D eigenvalue weighted by Gasteiger charge is 2.77. The van der Waals surface area contributed by atoms with Gasteiger partial charge in [0.2, 0.25) is 11.8 Å². The van der Waals surface area contributed by atoms with Crippen molar-refractivity contribution in [3.05, 3.63) is 101 Å². The summed E-state index contributed by atoms with van der Waals surface area (Å²) >= 11 is 14.5. The second-order valence-corrected chi connectivity index (χ2v) is 13.2. The van der Waals surface area contributed by atoms with E-state index in [2.05, 4.69) is 0 Å². The summed E-state index contributed by atoms with van der Waals surface area (Å²) in [6, 6.07) is 15.5. The van der Waals surface area contributed by atoms with Gasteiger partial charge in [0.15, 0.2) is 21.3 Å². The molecule has 4 aliphatic rings. The topological polar surface area (TPSA) is 95.0 Å². The lowest BCUT2D eigenvalue weighted by molar-refractivity contribution is -0.125. The fourth-order valence-electron chi connectivity index (χ4n) is 7.64. The lowest BCUT2D eigenvalue weighted by Crippen LogP contribution is -2.60. The maximum absolute atomic E-state index is 14.8. The van der Waals surface area contributed by atoms with Gasteiger partial charge in [-0.3, -0.25) is 24.1 Å². The second kappa shape index (κ2) is 10.2. The summed E-state index contributed by atoms with van der Waals surface area (Å²) in [5, 5.41) is 11.0. The van der Waals surface area contributed by atoms with Gasteiger partial charge in [-0.25, -0.2) is 13.7 Å². The maximum atomic E-state index is 14.8. The molecular formula is C34H26Cl2F2N2O5. The molecule has 1 N–H and O–H groups in total. The summed E-state index contributed by atoms with van der Waals surface area (Å²) in [5.41, 5.74) is 1.79. The van der Waals surface area contributed by atoms with Gasteiger partial charge >= 0.3 is 0 Å². The van der Waals surface area contributed by atoms with Crippen molar-refractivity contribution < 1.29 is 33.1 Å². The Hall–Kier alpha value is -4.08. The molecule has 230 valence electrons. The summed E-state index contributed by atoms with van der Waals surface area (Å²) in [6.45, 7) is 1.99. The first-order valence-electron chi connectivity index (χ1n) is 14.6. The van der Waals surface area contributed by atoms with E-state index in [1.807, 2.05) is 19.1 Å². The number of nitrogens with zero attached hydrogens (tertiary/aromatic N) is 2. The van der Waals surface area contributed by atoms with Gasteiger partial charge in [-0.1, -0.05) is 42.8 Å². The van der Waals surface area contributed by atoms with E-state index in [-0.39, 0.29) is 24.1 Å². The van der Waals surface area contributed by atoms with Crippen LogP contribution in [0.4, 0.5) is 20.2 Å². The van der Waals surface area contributed by atoms with Crippen molar-refractivity contribution in [3.8, 4) is 5.75 Å². The Bertz CT molecular complexity index is 1830. The van der Waals surface area contributed by atoms with Crippen LogP contribution in [-0.4, -0.2) is 38.5 Å². The second-order valence-electron chi connectivity index (χ2n) is 12.0. The molecule has 3 aromatic carbocycles. The van der Waals surface area contributed by atoms with Gasteiger partial charge in [-0.2, -0.15) is 0 Å². The Labute approximate surface area is 267 Å². The predicted octanol–water partition coefficient (Wildman–Crippen LogP) is 6.00. The number of anilines is 2. The molecule has 4 amide bonds. The Morgan fingerprint density at radius 1 is 0.844 bits per heavy atom. The zero-order valence-corrected chi connectivity index (χ0v) is 25.4. The molecule has 3 aromatic rings. The number of allylic oxidation sites excluding steroid dienone is 2. The minimum Gasteiger partial charge on any atom is -0.505 e. The Morgan fingerprint density at radius 3 is 2.16 bits per heavy atom. The summed E-state index contributed by atoms with van der Waals surface area (Å²) < 4.78 is 28.6. The number of benzene rings is 3. The van der Waals surface area contributed by atoms with E-state index in [0.29, 0.717) is 11.3 Å². The number of rotatable bonds is 4. The highest BCUT2D eigenvalue weighted by atomic mass is 35.5. The van der Waals surface area contributed by atoms with Crippen molar-refractivity contribution in [1.29, 1.82) is 0 Å². The molecule has 0 aromatic heterocycles. The van der Waals surface area contributed by atoms with Crippen molar-refractivity contribution >= 4 is 58.2 Å². The van der Waals surface area contributed by atoms with Crippen LogP contribution < -0.4 is 9.80 Å². The number of amides is 4. The first-order valence-corrected chi connectivity index (χ1v) is 15.4. The number of phenolic OH excluding ortho intramolecular Hbond substituents is 1. The number of alkyl halides is 2. The zero-order valence-electron chi connectivity index (χ0n) is 23.8. The third kappa shape index (κ3) is 3.93. The van der Waals surface area contributed by atoms with E-state index in [9.17, 15) is 33.1 Å². The number of imide groups is 2. The molecule has 6 unspecified atom stereocenters. The van der Waals surface area contributed by atoms with Crippen molar-refractivity contribution in [2.24, 2.45) is 17.8 Å². The average molecular weight is 651 g/mol. The number of halogens is 4. The van der Waals surface area contributed by atoms with Crippen LogP contribution in [0, 0.1) is 29.4 Å². The van der Waals surface area contributed by atoms with Gasteiger partial charge in [0.1, 0.15) is 5.82 Å². The molecule has 2 heterocycles. The van der Waals surface area contributed by atoms with E-state index in [1.54, 1.807) is 18.2 Å². The number of para-hydroxylation sites is 1. The molecule has 1 saturated carbocycles. The van der Waals surface area contributed by atoms with E-state index >= 15 is 0 Å². The molecule has 3 fully saturated rings. The predicted molar refractivity (Wildman–Crippen MR) is 163 cm³/mol. The van der Waals surface area contributed by atoms with Crippen LogP contribution in [0.25, 0.3) is 0 Å². The van der Waals surface area contributed by atoms with E-state index in [0.717, 1.165) is 40.0 Å². The fourth-order valence-corrected chi connectivity index (χ4v) is 8.57. The molecule has 45 heavy (non-hydrogen) atoms. The van der Waals surface area contributed by atoms with Gasteiger partial charge in [0.05, 0.1) is 23.2 Å². The Kier molecular flexibility index (Phi) is 6.73. The van der Waals surface area contributed by atoms with Crippen molar-refractivity contribution in [1.82, 2.24) is 0 Å². The number of phenols is 1. The van der Waals surface area contributed by atoms with Crippen LogP contribution in [0.15, 0.2) is 78.4 Å². The Morgan fingerprint density at radius 2 is 1.49 bits per heavy atom. The van der Waals surface area contributed by atoms with Crippen LogP contribution >= 0.6 is 23.2 Å². The molecule has 11 heteroatoms. The number of fused-ring (bicyclic) bond motifs is 4. The van der Waals surface area contributed by atoms with Crippen molar-refractivity contribution in [2.45, 2.75) is 41.9 Å². The smallest absolute Gasteiger partial charge is 0.258 e. The minimum atomic E-state index is -2.28. The van der Waals surface area contributed by atoms with Crippen LogP contribution in [0.3, 0.4) is 0 Å². The summed E-state index contributed by atoms with van der Waals surface area (Å²) in [7, 11) is 0. The number of aromatic hydroxyl groups is 1. The van der Waals surface area contributed by atoms with Crippen LogP contribution in [0.2, 0.25) is 0 Å². The molecule has 0 bridgehead atoms. The number of carbonyl (C=O) groups is 4. The lowest BCUT2D eigenvalue weighted by Gasteiger charge is -2.50. The van der Waals surface area contributed by atoms with Gasteiger partial charge in [-0.15, -0.1) is 23.2 Å².